The van der Waals surface area contributed by atoms with Crippen LogP contribution in [0.15, 0.2) is 24.3 Å². The van der Waals surface area contributed by atoms with Gasteiger partial charge in [0, 0.05) is 25.7 Å². The van der Waals surface area contributed by atoms with Crippen LogP contribution in [0.1, 0.15) is 29.5 Å². The number of hydrogen-bond acceptors (Lipinski definition) is 12. The molecule has 222 valence electrons. The first-order chi connectivity index (χ1) is 20.6. The van der Waals surface area contributed by atoms with Gasteiger partial charge in [0.2, 0.25) is 21.9 Å². The fourth-order valence-electron chi connectivity index (χ4n) is 5.20. The van der Waals surface area contributed by atoms with E-state index in [4.69, 9.17) is 9.97 Å². The standard InChI is InChI=1S/C28H29N9O4S2/c1-5-18-24(34(4)26-31-23(20(11-29)42-26)16-8-6-15(2)7-9-16)37-27(30-18)43-28(32-37)36-21(39)10-19(25(36)41)33(3)14-22(40)35-12-17(38)13-35/h6-9,17,19,38H,5,10,12-14H2,1-4H3. The van der Waals surface area contributed by atoms with Crippen molar-refractivity contribution in [3.63, 3.8) is 0 Å². The number of β-amino-alcohol motifs (C(OH)–C–C–N with tert-alkyl or cyclic N) is 1. The minimum atomic E-state index is -0.799. The van der Waals surface area contributed by atoms with Crippen molar-refractivity contribution >= 4 is 61.4 Å². The number of rotatable bonds is 8. The van der Waals surface area contributed by atoms with Crippen LogP contribution in [-0.2, 0) is 20.8 Å². The molecule has 5 heterocycles. The molecule has 1 N–H and O–H groups in total. The van der Waals surface area contributed by atoms with Gasteiger partial charge in [-0.05, 0) is 20.4 Å². The second-order valence-electron chi connectivity index (χ2n) is 10.7. The van der Waals surface area contributed by atoms with Crippen LogP contribution in [0, 0.1) is 18.3 Å². The molecule has 0 spiro atoms. The Bertz CT molecular complexity index is 1780. The summed E-state index contributed by atoms with van der Waals surface area (Å²) in [6, 6.07) is 9.29. The SMILES string of the molecule is CCc1nc2sc(N3C(=O)CC(N(C)CC(=O)N4CC(O)C4)C3=O)nn2c1N(C)c1nc(-c2ccc(C)cc2)c(C#N)s1. The van der Waals surface area contributed by atoms with Crippen molar-refractivity contribution in [3.8, 4) is 17.3 Å². The number of aromatic nitrogens is 4. The van der Waals surface area contributed by atoms with Crippen molar-refractivity contribution in [2.75, 3.05) is 43.5 Å². The number of benzene rings is 1. The monoisotopic (exact) mass is 619 g/mol. The average molecular weight is 620 g/mol. The van der Waals surface area contributed by atoms with Crippen LogP contribution in [0.25, 0.3) is 16.2 Å². The molecule has 2 fully saturated rings. The largest absolute Gasteiger partial charge is 0.389 e. The van der Waals surface area contributed by atoms with Gasteiger partial charge >= 0.3 is 0 Å². The molecule has 2 saturated heterocycles. The maximum Gasteiger partial charge on any atom is 0.253 e. The lowest BCUT2D eigenvalue weighted by Crippen LogP contribution is -2.56. The van der Waals surface area contributed by atoms with Gasteiger partial charge in [-0.2, -0.15) is 9.78 Å². The average Bonchev–Trinajstić information content (AvgIpc) is 3.72. The Labute approximate surface area is 255 Å². The maximum absolute atomic E-state index is 13.4. The number of aliphatic hydroxyl groups is 1. The molecule has 2 aliphatic rings. The molecule has 0 aliphatic carbocycles. The number of aliphatic hydroxyl groups excluding tert-OH is 1. The number of fused-ring (bicyclic) bond motifs is 1. The molecule has 43 heavy (non-hydrogen) atoms. The lowest BCUT2D eigenvalue weighted by Gasteiger charge is -2.37. The van der Waals surface area contributed by atoms with Crippen molar-refractivity contribution in [2.45, 2.75) is 38.8 Å². The number of carbonyl (C=O) groups excluding carboxylic acids is 3. The molecule has 1 atom stereocenters. The molecule has 0 saturated carbocycles. The third kappa shape index (κ3) is 5.06. The smallest absolute Gasteiger partial charge is 0.253 e. The van der Waals surface area contributed by atoms with Crippen LogP contribution < -0.4 is 9.80 Å². The third-order valence-corrected chi connectivity index (χ3v) is 9.60. The van der Waals surface area contributed by atoms with E-state index in [0.717, 1.165) is 33.1 Å². The number of anilines is 3. The summed E-state index contributed by atoms with van der Waals surface area (Å²) in [5.41, 5.74) is 3.30. The Morgan fingerprint density at radius 2 is 1.88 bits per heavy atom. The first-order valence-electron chi connectivity index (χ1n) is 13.7. The van der Waals surface area contributed by atoms with E-state index in [1.54, 1.807) is 16.5 Å². The number of thiazole rings is 1. The minimum Gasteiger partial charge on any atom is -0.389 e. The molecule has 1 unspecified atom stereocenters. The van der Waals surface area contributed by atoms with Crippen LogP contribution in [0.4, 0.5) is 16.1 Å². The topological polar surface area (TPSA) is 151 Å². The van der Waals surface area contributed by atoms with Crippen LogP contribution >= 0.6 is 22.7 Å². The van der Waals surface area contributed by atoms with Gasteiger partial charge in [-0.25, -0.2) is 14.9 Å². The summed E-state index contributed by atoms with van der Waals surface area (Å²) >= 11 is 2.39. The number of nitrogens with zero attached hydrogens (tertiary/aromatic N) is 9. The molecular weight excluding hydrogens is 591 g/mol. The first-order valence-corrected chi connectivity index (χ1v) is 15.4. The molecule has 6 rings (SSSR count). The van der Waals surface area contributed by atoms with Crippen LogP contribution in [0.3, 0.4) is 0 Å². The van der Waals surface area contributed by atoms with Gasteiger partial charge in [0.25, 0.3) is 5.91 Å². The van der Waals surface area contributed by atoms with E-state index >= 15 is 0 Å². The molecule has 2 aliphatic heterocycles. The number of carbonyl (C=O) groups is 3. The fraction of sp³-hybridized carbons (Fsp3) is 0.393. The highest BCUT2D eigenvalue weighted by molar-refractivity contribution is 7.20. The highest BCUT2D eigenvalue weighted by Crippen LogP contribution is 2.39. The number of hydrogen-bond donors (Lipinski definition) is 1. The van der Waals surface area contributed by atoms with Gasteiger partial charge in [-0.1, -0.05) is 59.4 Å². The second kappa shape index (κ2) is 11.1. The lowest BCUT2D eigenvalue weighted by atomic mass is 10.1. The summed E-state index contributed by atoms with van der Waals surface area (Å²) in [6.45, 7) is 4.48. The number of nitriles is 1. The zero-order valence-electron chi connectivity index (χ0n) is 24.0. The quantitative estimate of drug-likeness (QED) is 0.291. The summed E-state index contributed by atoms with van der Waals surface area (Å²) in [5, 5.41) is 24.7. The number of imidazole rings is 1. The van der Waals surface area contributed by atoms with E-state index in [1.165, 1.54) is 16.2 Å². The van der Waals surface area contributed by atoms with E-state index in [2.05, 4.69) is 11.2 Å². The summed E-state index contributed by atoms with van der Waals surface area (Å²) < 4.78 is 1.61. The zero-order valence-corrected chi connectivity index (χ0v) is 25.6. The Morgan fingerprint density at radius 1 is 1.16 bits per heavy atom. The molecule has 0 radical (unpaired) electrons. The molecule has 15 heteroatoms. The molecule has 0 bridgehead atoms. The Kier molecular flexibility index (Phi) is 7.46. The van der Waals surface area contributed by atoms with Crippen molar-refractivity contribution in [1.82, 2.24) is 29.4 Å². The lowest BCUT2D eigenvalue weighted by molar-refractivity contribution is -0.143. The normalized spacial score (nSPS) is 17.3. The Morgan fingerprint density at radius 3 is 2.53 bits per heavy atom. The number of aryl methyl sites for hydroxylation is 2. The van der Waals surface area contributed by atoms with E-state index in [1.807, 2.05) is 50.1 Å². The number of likely N-dealkylation sites (tertiary alicyclic amines) is 1. The Balaban J connectivity index is 1.28. The minimum absolute atomic E-state index is 0.0384. The molecular formula is C28H29N9O4S2. The van der Waals surface area contributed by atoms with Crippen LogP contribution in [0.2, 0.25) is 0 Å². The predicted octanol–water partition coefficient (Wildman–Crippen LogP) is 2.19. The van der Waals surface area contributed by atoms with Crippen LogP contribution in [-0.4, -0.2) is 98.1 Å². The highest BCUT2D eigenvalue weighted by atomic mass is 32.1. The summed E-state index contributed by atoms with van der Waals surface area (Å²) in [4.78, 5) is 55.5. The van der Waals surface area contributed by atoms with E-state index in [0.29, 0.717) is 32.9 Å². The summed E-state index contributed by atoms with van der Waals surface area (Å²) in [5.74, 6) is -0.430. The fourth-order valence-corrected chi connectivity index (χ4v) is 6.99. The third-order valence-electron chi connectivity index (χ3n) is 7.67. The molecule has 3 amide bonds. The molecule has 1 aromatic carbocycles. The van der Waals surface area contributed by atoms with E-state index in [-0.39, 0.29) is 37.1 Å². The number of amides is 3. The van der Waals surface area contributed by atoms with Crippen molar-refractivity contribution < 1.29 is 19.5 Å². The van der Waals surface area contributed by atoms with Crippen molar-refractivity contribution in [2.24, 2.45) is 0 Å². The highest BCUT2D eigenvalue weighted by Gasteiger charge is 2.44. The summed E-state index contributed by atoms with van der Waals surface area (Å²) in [7, 11) is 3.46. The summed E-state index contributed by atoms with van der Waals surface area (Å²) in [6.07, 6.45) is 0.0144. The molecule has 13 nitrogen and oxygen atoms in total. The van der Waals surface area contributed by atoms with Crippen molar-refractivity contribution in [3.05, 3.63) is 40.4 Å². The number of imide groups is 1. The van der Waals surface area contributed by atoms with Gasteiger partial charge in [0.15, 0.2) is 10.9 Å². The van der Waals surface area contributed by atoms with E-state index < -0.39 is 24.0 Å². The van der Waals surface area contributed by atoms with E-state index in [9.17, 15) is 24.8 Å². The predicted molar refractivity (Wildman–Crippen MR) is 161 cm³/mol. The second-order valence-corrected chi connectivity index (χ2v) is 12.6. The first kappa shape index (κ1) is 28.9. The van der Waals surface area contributed by atoms with Gasteiger partial charge in [-0.3, -0.25) is 19.3 Å². The van der Waals surface area contributed by atoms with Crippen molar-refractivity contribution in [1.29, 1.82) is 5.26 Å². The molecule has 4 aromatic rings. The molecule has 3 aromatic heterocycles. The van der Waals surface area contributed by atoms with Gasteiger partial charge in [0.1, 0.15) is 16.6 Å². The van der Waals surface area contributed by atoms with Crippen LogP contribution in [0.5, 0.6) is 0 Å². The van der Waals surface area contributed by atoms with Gasteiger partial charge in [-0.15, -0.1) is 5.10 Å². The van der Waals surface area contributed by atoms with Gasteiger partial charge < -0.3 is 14.9 Å². The van der Waals surface area contributed by atoms with Gasteiger partial charge in [0.05, 0.1) is 30.8 Å². The Hall–Kier alpha value is -4.23. The maximum atomic E-state index is 13.4. The number of likely N-dealkylation sites (N-methyl/N-ethyl adjacent to an activating group) is 1. The zero-order chi connectivity index (χ0) is 30.6.